The van der Waals surface area contributed by atoms with E-state index in [4.69, 9.17) is 34.8 Å². The van der Waals surface area contributed by atoms with Gasteiger partial charge in [0.1, 0.15) is 0 Å². The van der Waals surface area contributed by atoms with Crippen molar-refractivity contribution in [3.63, 3.8) is 0 Å². The summed E-state index contributed by atoms with van der Waals surface area (Å²) >= 11 is 17.7. The molecule has 1 atom stereocenters. The maximum absolute atomic E-state index is 12.4. The van der Waals surface area contributed by atoms with Crippen LogP contribution in [0.2, 0.25) is 15.1 Å². The second-order valence-electron chi connectivity index (χ2n) is 5.12. The molecule has 2 aromatic rings. The third kappa shape index (κ3) is 5.10. The highest BCUT2D eigenvalue weighted by Gasteiger charge is 2.18. The molecule has 0 fully saturated rings. The molecule has 1 N–H and O–H groups in total. The first kappa shape index (κ1) is 18.6. The maximum Gasteiger partial charge on any atom is 0.181 e. The fourth-order valence-corrected chi connectivity index (χ4v) is 4.22. The van der Waals surface area contributed by atoms with Crippen molar-refractivity contribution in [2.45, 2.75) is 17.9 Å². The number of sulfone groups is 1. The van der Waals surface area contributed by atoms with Crippen LogP contribution in [0.15, 0.2) is 47.4 Å². The molecule has 0 heterocycles. The van der Waals surface area contributed by atoms with Crippen molar-refractivity contribution in [1.82, 2.24) is 5.32 Å². The number of rotatable bonds is 6. The minimum atomic E-state index is -3.50. The molecule has 0 unspecified atom stereocenters. The first-order valence-corrected chi connectivity index (χ1v) is 9.75. The summed E-state index contributed by atoms with van der Waals surface area (Å²) in [5.74, 6) is -0.0645. The van der Waals surface area contributed by atoms with Gasteiger partial charge in [-0.1, -0.05) is 46.9 Å². The largest absolute Gasteiger partial charge is 0.309 e. The van der Waals surface area contributed by atoms with Gasteiger partial charge in [-0.2, -0.15) is 0 Å². The van der Waals surface area contributed by atoms with E-state index < -0.39 is 9.84 Å². The summed E-state index contributed by atoms with van der Waals surface area (Å²) in [6.07, 6.45) is 0. The summed E-state index contributed by atoms with van der Waals surface area (Å²) in [5, 5.41) is 4.37. The Hall–Kier alpha value is -0.780. The van der Waals surface area contributed by atoms with Gasteiger partial charge in [-0.25, -0.2) is 8.42 Å². The SMILES string of the molecule is C[C@H](NCCS(=O)(=O)c1cc(Cl)ccc1Cl)c1ccc(Cl)cc1. The summed E-state index contributed by atoms with van der Waals surface area (Å²) in [6, 6.07) is 11.9. The van der Waals surface area contributed by atoms with Crippen LogP contribution < -0.4 is 5.32 Å². The average molecular weight is 393 g/mol. The topological polar surface area (TPSA) is 46.2 Å². The molecule has 0 radical (unpaired) electrons. The van der Waals surface area contributed by atoms with E-state index in [9.17, 15) is 8.42 Å². The van der Waals surface area contributed by atoms with Crippen LogP contribution in [0.1, 0.15) is 18.5 Å². The minimum Gasteiger partial charge on any atom is -0.309 e. The van der Waals surface area contributed by atoms with E-state index in [1.807, 2.05) is 19.1 Å². The van der Waals surface area contributed by atoms with Gasteiger partial charge in [-0.15, -0.1) is 0 Å². The molecule has 124 valence electrons. The first-order valence-electron chi connectivity index (χ1n) is 6.96. The van der Waals surface area contributed by atoms with E-state index in [0.29, 0.717) is 16.6 Å². The van der Waals surface area contributed by atoms with Crippen LogP contribution in [0.25, 0.3) is 0 Å². The zero-order valence-corrected chi connectivity index (χ0v) is 15.5. The van der Waals surface area contributed by atoms with E-state index in [-0.39, 0.29) is 21.7 Å². The van der Waals surface area contributed by atoms with Gasteiger partial charge < -0.3 is 5.32 Å². The quantitative estimate of drug-likeness (QED) is 0.770. The highest BCUT2D eigenvalue weighted by atomic mass is 35.5. The molecule has 2 aromatic carbocycles. The molecule has 3 nitrogen and oxygen atoms in total. The maximum atomic E-state index is 12.4. The highest BCUT2D eigenvalue weighted by Crippen LogP contribution is 2.26. The van der Waals surface area contributed by atoms with Gasteiger partial charge in [0.15, 0.2) is 9.84 Å². The van der Waals surface area contributed by atoms with Gasteiger partial charge in [-0.3, -0.25) is 0 Å². The molecule has 0 aliphatic carbocycles. The number of hydrogen-bond donors (Lipinski definition) is 1. The van der Waals surface area contributed by atoms with E-state index >= 15 is 0 Å². The number of nitrogens with one attached hydrogen (secondary N) is 1. The molecule has 0 amide bonds. The average Bonchev–Trinajstić information content (AvgIpc) is 2.50. The molecule has 0 saturated carbocycles. The number of benzene rings is 2. The zero-order chi connectivity index (χ0) is 17.0. The lowest BCUT2D eigenvalue weighted by atomic mass is 10.1. The highest BCUT2D eigenvalue weighted by molar-refractivity contribution is 7.91. The summed E-state index contributed by atoms with van der Waals surface area (Å²) in [7, 11) is -3.50. The molecular weight excluding hydrogens is 377 g/mol. The van der Waals surface area contributed by atoms with E-state index in [2.05, 4.69) is 5.32 Å². The van der Waals surface area contributed by atoms with Crippen molar-refractivity contribution < 1.29 is 8.42 Å². The van der Waals surface area contributed by atoms with E-state index in [1.54, 1.807) is 18.2 Å². The summed E-state index contributed by atoms with van der Waals surface area (Å²) in [6.45, 7) is 2.26. The molecular formula is C16H16Cl3NO2S. The van der Waals surface area contributed by atoms with Crippen LogP contribution in [0.5, 0.6) is 0 Å². The van der Waals surface area contributed by atoms with E-state index in [1.165, 1.54) is 12.1 Å². The predicted molar refractivity (Wildman–Crippen MR) is 96.4 cm³/mol. The van der Waals surface area contributed by atoms with Crippen molar-refractivity contribution in [2.24, 2.45) is 0 Å². The normalized spacial score (nSPS) is 13.0. The fraction of sp³-hybridized carbons (Fsp3) is 0.250. The first-order chi connectivity index (χ1) is 10.8. The lowest BCUT2D eigenvalue weighted by molar-refractivity contribution is 0.572. The Bertz CT molecular complexity index is 776. The Labute approximate surface area is 151 Å². The van der Waals surface area contributed by atoms with Crippen LogP contribution in [0.3, 0.4) is 0 Å². The second-order valence-corrected chi connectivity index (χ2v) is 8.48. The van der Waals surface area contributed by atoms with Crippen LogP contribution >= 0.6 is 34.8 Å². The van der Waals surface area contributed by atoms with Gasteiger partial charge in [0.25, 0.3) is 0 Å². The fourth-order valence-electron chi connectivity index (χ4n) is 2.10. The Morgan fingerprint density at radius 1 is 1.00 bits per heavy atom. The van der Waals surface area contributed by atoms with Gasteiger partial charge in [0, 0.05) is 22.6 Å². The predicted octanol–water partition coefficient (Wildman–Crippen LogP) is 4.77. The molecule has 0 aromatic heterocycles. The van der Waals surface area contributed by atoms with Crippen molar-refractivity contribution >= 4 is 44.6 Å². The van der Waals surface area contributed by atoms with Gasteiger partial charge >= 0.3 is 0 Å². The summed E-state index contributed by atoms with van der Waals surface area (Å²) in [4.78, 5) is 0.0626. The van der Waals surface area contributed by atoms with Gasteiger partial charge in [0.05, 0.1) is 15.7 Å². The Kier molecular flexibility index (Phi) is 6.34. The third-order valence-electron chi connectivity index (χ3n) is 3.42. The van der Waals surface area contributed by atoms with E-state index in [0.717, 1.165) is 5.56 Å². The van der Waals surface area contributed by atoms with Crippen LogP contribution in [-0.2, 0) is 9.84 Å². The molecule has 0 aliphatic heterocycles. The smallest absolute Gasteiger partial charge is 0.181 e. The summed E-state index contributed by atoms with van der Waals surface area (Å²) in [5.41, 5.74) is 1.03. The lowest BCUT2D eigenvalue weighted by Gasteiger charge is -2.15. The van der Waals surface area contributed by atoms with Gasteiger partial charge in [0.2, 0.25) is 0 Å². The van der Waals surface area contributed by atoms with Crippen molar-refractivity contribution in [3.8, 4) is 0 Å². The minimum absolute atomic E-state index is 0.0114. The molecule has 7 heteroatoms. The van der Waals surface area contributed by atoms with Crippen molar-refractivity contribution in [1.29, 1.82) is 0 Å². The second kappa shape index (κ2) is 7.86. The van der Waals surface area contributed by atoms with Crippen molar-refractivity contribution in [2.75, 3.05) is 12.3 Å². The van der Waals surface area contributed by atoms with Crippen LogP contribution in [-0.4, -0.2) is 20.7 Å². The lowest BCUT2D eigenvalue weighted by Crippen LogP contribution is -2.26. The number of hydrogen-bond acceptors (Lipinski definition) is 3. The standard InChI is InChI=1S/C16H16Cl3NO2S/c1-11(12-2-4-13(17)5-3-12)20-8-9-23(21,22)16-10-14(18)6-7-15(16)19/h2-7,10-11,20H,8-9H2,1H3/t11-/m0/s1. The molecule has 0 spiro atoms. The van der Waals surface area contributed by atoms with Crippen LogP contribution in [0.4, 0.5) is 0 Å². The monoisotopic (exact) mass is 391 g/mol. The molecule has 23 heavy (non-hydrogen) atoms. The third-order valence-corrected chi connectivity index (χ3v) is 6.10. The number of halogens is 3. The van der Waals surface area contributed by atoms with Crippen LogP contribution in [0, 0.1) is 0 Å². The summed E-state index contributed by atoms with van der Waals surface area (Å²) < 4.78 is 24.7. The Morgan fingerprint density at radius 3 is 2.26 bits per heavy atom. The molecule has 0 bridgehead atoms. The molecule has 2 rings (SSSR count). The molecule has 0 saturated heterocycles. The Balaban J connectivity index is 1.99. The van der Waals surface area contributed by atoms with Gasteiger partial charge in [-0.05, 0) is 42.8 Å². The van der Waals surface area contributed by atoms with Crippen molar-refractivity contribution in [3.05, 3.63) is 63.1 Å². The molecule has 0 aliphatic rings. The zero-order valence-electron chi connectivity index (χ0n) is 12.4. The Morgan fingerprint density at radius 2 is 1.61 bits per heavy atom.